The number of hydrogen-bond donors (Lipinski definition) is 1. The van der Waals surface area contributed by atoms with Gasteiger partial charge in [0.25, 0.3) is 0 Å². The van der Waals surface area contributed by atoms with E-state index in [9.17, 15) is 8.42 Å². The van der Waals surface area contributed by atoms with Crippen LogP contribution in [0, 0.1) is 13.8 Å². The summed E-state index contributed by atoms with van der Waals surface area (Å²) in [5.41, 5.74) is 8.76. The third-order valence-corrected chi connectivity index (χ3v) is 7.29. The van der Waals surface area contributed by atoms with Gasteiger partial charge in [0.1, 0.15) is 0 Å². The Morgan fingerprint density at radius 2 is 1.52 bits per heavy atom. The first-order valence-corrected chi connectivity index (χ1v) is 10.1. The Bertz CT molecular complexity index is 844. The Morgan fingerprint density at radius 1 is 1.00 bits per heavy atom. The molecule has 5 heteroatoms. The first-order chi connectivity index (χ1) is 11.8. The molecule has 0 heterocycles. The second-order valence-corrected chi connectivity index (χ2v) is 8.99. The smallest absolute Gasteiger partial charge is 0.183 e. The Hall–Kier alpha value is -1.69. The average molecular weight is 359 g/mol. The van der Waals surface area contributed by atoms with E-state index in [1.807, 2.05) is 57.2 Å². The van der Waals surface area contributed by atoms with Crippen molar-refractivity contribution in [3.63, 3.8) is 0 Å². The summed E-state index contributed by atoms with van der Waals surface area (Å²) in [6.45, 7) is 6.57. The van der Waals surface area contributed by atoms with Crippen molar-refractivity contribution in [1.29, 1.82) is 0 Å². The van der Waals surface area contributed by atoms with Gasteiger partial charge in [-0.1, -0.05) is 47.5 Å². The van der Waals surface area contributed by atoms with Crippen LogP contribution in [0.1, 0.15) is 29.5 Å². The minimum atomic E-state index is -3.53. The monoisotopic (exact) mass is 359 g/mol. The maximum Gasteiger partial charge on any atom is 0.183 e. The van der Waals surface area contributed by atoms with Crippen LogP contribution in [0.2, 0.25) is 0 Å². The Kier molecular flexibility index (Phi) is 4.75. The van der Waals surface area contributed by atoms with Crippen LogP contribution < -0.4 is 5.73 Å². The largest absolute Gasteiger partial charge is 0.380 e. The normalized spacial score (nSPS) is 25.8. The van der Waals surface area contributed by atoms with Crippen LogP contribution in [0.5, 0.6) is 0 Å². The van der Waals surface area contributed by atoms with Crippen LogP contribution in [0.15, 0.2) is 53.4 Å². The second kappa shape index (κ2) is 6.56. The number of sulfone groups is 1. The summed E-state index contributed by atoms with van der Waals surface area (Å²) in [6, 6.07) is 14.9. The molecule has 0 spiro atoms. The highest BCUT2D eigenvalue weighted by molar-refractivity contribution is 7.92. The SMILES string of the molecule is CCOC[C@@]1(N)[C@H](S(=O)(=O)c2ccc(C)cc2)[C@@H]1c1ccc(C)cc1. The number of aryl methyl sites for hydroxylation is 2. The Balaban J connectivity index is 1.99. The average Bonchev–Trinajstić information content (AvgIpc) is 3.21. The van der Waals surface area contributed by atoms with Crippen LogP contribution in [-0.2, 0) is 14.6 Å². The third kappa shape index (κ3) is 3.24. The zero-order valence-electron chi connectivity index (χ0n) is 14.9. The predicted octanol–water partition coefficient (Wildman–Crippen LogP) is 2.98. The molecule has 4 nitrogen and oxygen atoms in total. The fourth-order valence-corrected chi connectivity index (χ4v) is 5.77. The van der Waals surface area contributed by atoms with Crippen LogP contribution in [0.4, 0.5) is 0 Å². The van der Waals surface area contributed by atoms with Crippen LogP contribution in [0.25, 0.3) is 0 Å². The molecule has 0 bridgehead atoms. The lowest BCUT2D eigenvalue weighted by Crippen LogP contribution is -2.36. The van der Waals surface area contributed by atoms with E-state index in [4.69, 9.17) is 10.5 Å². The lowest BCUT2D eigenvalue weighted by molar-refractivity contribution is 0.125. The van der Waals surface area contributed by atoms with Gasteiger partial charge < -0.3 is 10.5 Å². The van der Waals surface area contributed by atoms with Crippen LogP contribution >= 0.6 is 0 Å². The molecule has 1 fully saturated rings. The second-order valence-electron chi connectivity index (χ2n) is 6.92. The van der Waals surface area contributed by atoms with Gasteiger partial charge in [0.05, 0.1) is 22.3 Å². The third-order valence-electron chi connectivity index (χ3n) is 4.98. The van der Waals surface area contributed by atoms with Crippen molar-refractivity contribution >= 4 is 9.84 Å². The van der Waals surface area contributed by atoms with Crippen LogP contribution in [0.3, 0.4) is 0 Å². The predicted molar refractivity (Wildman–Crippen MR) is 99.5 cm³/mol. The zero-order valence-corrected chi connectivity index (χ0v) is 15.7. The van der Waals surface area contributed by atoms with Gasteiger partial charge in [-0.3, -0.25) is 0 Å². The van der Waals surface area contributed by atoms with Gasteiger partial charge in [-0.2, -0.15) is 0 Å². The van der Waals surface area contributed by atoms with Crippen molar-refractivity contribution in [2.24, 2.45) is 5.73 Å². The van der Waals surface area contributed by atoms with E-state index in [1.54, 1.807) is 12.1 Å². The quantitative estimate of drug-likeness (QED) is 0.861. The molecule has 0 radical (unpaired) electrons. The summed E-state index contributed by atoms with van der Waals surface area (Å²) in [6.07, 6.45) is 0. The highest BCUT2D eigenvalue weighted by Crippen LogP contribution is 2.55. The molecule has 3 atom stereocenters. The molecule has 1 aliphatic rings. The lowest BCUT2D eigenvalue weighted by Gasteiger charge is -2.12. The van der Waals surface area contributed by atoms with E-state index in [2.05, 4.69) is 0 Å². The highest BCUT2D eigenvalue weighted by atomic mass is 32.2. The Labute approximate surface area is 149 Å². The highest BCUT2D eigenvalue weighted by Gasteiger charge is 2.69. The van der Waals surface area contributed by atoms with Gasteiger partial charge in [-0.05, 0) is 38.5 Å². The molecular weight excluding hydrogens is 334 g/mol. The molecule has 134 valence electrons. The summed E-state index contributed by atoms with van der Waals surface area (Å²) in [5, 5.41) is -0.669. The number of benzene rings is 2. The van der Waals surface area contributed by atoms with E-state index >= 15 is 0 Å². The zero-order chi connectivity index (χ0) is 18.2. The topological polar surface area (TPSA) is 69.4 Å². The fourth-order valence-electron chi connectivity index (χ4n) is 3.48. The number of hydrogen-bond acceptors (Lipinski definition) is 4. The van der Waals surface area contributed by atoms with E-state index < -0.39 is 20.6 Å². The first-order valence-electron chi connectivity index (χ1n) is 8.54. The summed E-state index contributed by atoms with van der Waals surface area (Å²) < 4.78 is 31.9. The molecule has 2 aromatic carbocycles. The minimum Gasteiger partial charge on any atom is -0.380 e. The van der Waals surface area contributed by atoms with Gasteiger partial charge in [-0.15, -0.1) is 0 Å². The summed E-state index contributed by atoms with van der Waals surface area (Å²) >= 11 is 0. The van der Waals surface area contributed by atoms with E-state index in [0.717, 1.165) is 16.7 Å². The van der Waals surface area contributed by atoms with Gasteiger partial charge in [0.15, 0.2) is 9.84 Å². The molecule has 2 aromatic rings. The van der Waals surface area contributed by atoms with Gasteiger partial charge >= 0.3 is 0 Å². The number of nitrogens with two attached hydrogens (primary N) is 1. The van der Waals surface area contributed by atoms with Gasteiger partial charge in [0, 0.05) is 12.5 Å². The van der Waals surface area contributed by atoms with E-state index in [0.29, 0.717) is 11.5 Å². The minimum absolute atomic E-state index is 0.234. The molecule has 1 saturated carbocycles. The molecule has 0 aromatic heterocycles. The van der Waals surface area contributed by atoms with Crippen LogP contribution in [-0.4, -0.2) is 32.4 Å². The molecular formula is C20H25NO3S. The number of rotatable bonds is 6. The Morgan fingerprint density at radius 3 is 2.04 bits per heavy atom. The van der Waals surface area contributed by atoms with Gasteiger partial charge in [-0.25, -0.2) is 8.42 Å². The van der Waals surface area contributed by atoms with Crippen molar-refractivity contribution in [3.05, 3.63) is 65.2 Å². The van der Waals surface area contributed by atoms with Crippen molar-refractivity contribution in [1.82, 2.24) is 0 Å². The van der Waals surface area contributed by atoms with Crippen molar-refractivity contribution < 1.29 is 13.2 Å². The molecule has 3 rings (SSSR count). The maximum atomic E-state index is 13.2. The standard InChI is InChI=1S/C20H25NO3S/c1-4-24-13-20(21)18(16-9-5-14(2)6-10-16)19(20)25(22,23)17-11-7-15(3)8-12-17/h5-12,18-19H,4,13,21H2,1-3H3/t18-,19+,20-/m0/s1. The molecule has 2 N–H and O–H groups in total. The maximum absolute atomic E-state index is 13.2. The van der Waals surface area contributed by atoms with E-state index in [-0.39, 0.29) is 12.5 Å². The molecule has 25 heavy (non-hydrogen) atoms. The molecule has 1 aliphatic carbocycles. The summed E-state index contributed by atoms with van der Waals surface area (Å²) in [4.78, 5) is 0.323. The van der Waals surface area contributed by atoms with Crippen molar-refractivity contribution in [2.75, 3.05) is 13.2 Å². The summed E-state index contributed by atoms with van der Waals surface area (Å²) in [7, 11) is -3.53. The fraction of sp³-hybridized carbons (Fsp3) is 0.400. The van der Waals surface area contributed by atoms with Crippen molar-refractivity contribution in [3.8, 4) is 0 Å². The van der Waals surface area contributed by atoms with Gasteiger partial charge in [0.2, 0.25) is 0 Å². The van der Waals surface area contributed by atoms with E-state index in [1.165, 1.54) is 0 Å². The number of ether oxygens (including phenoxy) is 1. The van der Waals surface area contributed by atoms with Crippen molar-refractivity contribution in [2.45, 2.75) is 42.4 Å². The molecule has 0 saturated heterocycles. The molecule has 0 amide bonds. The molecule has 0 unspecified atom stereocenters. The first kappa shape index (κ1) is 18.1. The molecule has 0 aliphatic heterocycles. The lowest BCUT2D eigenvalue weighted by atomic mass is 10.1. The summed E-state index contributed by atoms with van der Waals surface area (Å²) in [5.74, 6) is -0.258.